The van der Waals surface area contributed by atoms with Crippen molar-refractivity contribution in [1.82, 2.24) is 4.90 Å². The van der Waals surface area contributed by atoms with E-state index in [0.29, 0.717) is 0 Å². The zero-order valence-corrected chi connectivity index (χ0v) is 6.86. The lowest BCUT2D eigenvalue weighted by atomic mass is 9.85. The third-order valence-corrected chi connectivity index (χ3v) is 2.78. The molecular weight excluding hydrogens is 134 g/mol. The molecule has 0 bridgehead atoms. The van der Waals surface area contributed by atoms with E-state index >= 15 is 0 Å². The van der Waals surface area contributed by atoms with Crippen LogP contribution in [0.4, 0.5) is 0 Å². The van der Waals surface area contributed by atoms with Crippen molar-refractivity contribution in [3.05, 3.63) is 0 Å². The highest BCUT2D eigenvalue weighted by atomic mass is 35.5. The first-order valence-electron chi connectivity index (χ1n) is 3.52. The van der Waals surface area contributed by atoms with E-state index in [9.17, 15) is 0 Å². The Kier molecular flexibility index (Phi) is 2.36. The van der Waals surface area contributed by atoms with E-state index in [2.05, 4.69) is 4.90 Å². The summed E-state index contributed by atoms with van der Waals surface area (Å²) < 4.78 is 0. The molecule has 1 saturated carbocycles. The zero-order valence-electron chi connectivity index (χ0n) is 6.10. The molecule has 1 unspecified atom stereocenters. The van der Waals surface area contributed by atoms with Crippen LogP contribution in [0.25, 0.3) is 0 Å². The molecule has 0 radical (unpaired) electrons. The normalized spacial score (nSPS) is 24.0. The summed E-state index contributed by atoms with van der Waals surface area (Å²) in [6.07, 6.45) is 4.03. The van der Waals surface area contributed by atoms with Gasteiger partial charge in [-0.1, -0.05) is 6.42 Å². The average molecular weight is 148 g/mol. The Bertz CT molecular complexity index is 88.9. The maximum absolute atomic E-state index is 6.04. The van der Waals surface area contributed by atoms with E-state index in [4.69, 9.17) is 11.6 Å². The van der Waals surface area contributed by atoms with Crippen LogP contribution < -0.4 is 0 Å². The molecule has 0 aliphatic heterocycles. The summed E-state index contributed by atoms with van der Waals surface area (Å²) in [6.45, 7) is 0. The molecule has 0 aromatic rings. The third-order valence-electron chi connectivity index (χ3n) is 2.03. The number of hydrogen-bond acceptors (Lipinski definition) is 1. The lowest BCUT2D eigenvalue weighted by molar-refractivity contribution is 0.200. The van der Waals surface area contributed by atoms with Crippen LogP contribution in [-0.4, -0.2) is 24.5 Å². The molecule has 0 saturated heterocycles. The predicted octanol–water partition coefficient (Wildman–Crippen LogP) is 1.91. The van der Waals surface area contributed by atoms with Crippen LogP contribution in [0.1, 0.15) is 19.3 Å². The SMILES string of the molecule is CN(C)C(Cl)C1CCC1. The van der Waals surface area contributed by atoms with E-state index in [1.54, 1.807) is 0 Å². The second-order valence-electron chi connectivity index (χ2n) is 3.03. The summed E-state index contributed by atoms with van der Waals surface area (Å²) in [7, 11) is 4.08. The lowest BCUT2D eigenvalue weighted by Crippen LogP contribution is -2.34. The van der Waals surface area contributed by atoms with Crippen molar-refractivity contribution < 1.29 is 0 Å². The molecule has 0 amide bonds. The van der Waals surface area contributed by atoms with Crippen LogP contribution in [-0.2, 0) is 0 Å². The Morgan fingerprint density at radius 3 is 2.11 bits per heavy atom. The van der Waals surface area contributed by atoms with Gasteiger partial charge in [0.1, 0.15) is 0 Å². The van der Waals surface area contributed by atoms with Gasteiger partial charge in [-0.25, -0.2) is 0 Å². The Morgan fingerprint density at radius 2 is 2.00 bits per heavy atom. The topological polar surface area (TPSA) is 3.24 Å². The number of nitrogens with zero attached hydrogens (tertiary/aromatic N) is 1. The quantitative estimate of drug-likeness (QED) is 0.426. The van der Waals surface area contributed by atoms with Gasteiger partial charge in [0.2, 0.25) is 0 Å². The number of hydrogen-bond donors (Lipinski definition) is 0. The molecule has 1 aliphatic carbocycles. The monoisotopic (exact) mass is 147 g/mol. The van der Waals surface area contributed by atoms with E-state index in [0.717, 1.165) is 5.92 Å². The first kappa shape index (κ1) is 7.36. The van der Waals surface area contributed by atoms with Gasteiger partial charge in [-0.15, -0.1) is 11.6 Å². The minimum absolute atomic E-state index is 0.277. The van der Waals surface area contributed by atoms with Gasteiger partial charge in [-0.2, -0.15) is 0 Å². The van der Waals surface area contributed by atoms with E-state index in [1.165, 1.54) is 19.3 Å². The average Bonchev–Trinajstić information content (AvgIpc) is 1.60. The van der Waals surface area contributed by atoms with Gasteiger partial charge < -0.3 is 0 Å². The van der Waals surface area contributed by atoms with Gasteiger partial charge >= 0.3 is 0 Å². The van der Waals surface area contributed by atoms with Gasteiger partial charge in [0.05, 0.1) is 5.50 Å². The van der Waals surface area contributed by atoms with Gasteiger partial charge in [0, 0.05) is 0 Å². The smallest absolute Gasteiger partial charge is 0.0873 e. The fourth-order valence-corrected chi connectivity index (χ4v) is 1.39. The van der Waals surface area contributed by atoms with E-state index in [-0.39, 0.29) is 5.50 Å². The first-order chi connectivity index (χ1) is 4.22. The van der Waals surface area contributed by atoms with Crippen LogP contribution in [0.3, 0.4) is 0 Å². The van der Waals surface area contributed by atoms with Crippen LogP contribution in [0.15, 0.2) is 0 Å². The first-order valence-corrected chi connectivity index (χ1v) is 3.96. The zero-order chi connectivity index (χ0) is 6.85. The summed E-state index contributed by atoms with van der Waals surface area (Å²) in [5.41, 5.74) is 0.277. The highest BCUT2D eigenvalue weighted by molar-refractivity contribution is 6.20. The molecular formula is C7H14ClN. The van der Waals surface area contributed by atoms with Crippen LogP contribution >= 0.6 is 11.6 Å². The summed E-state index contributed by atoms with van der Waals surface area (Å²) >= 11 is 6.04. The van der Waals surface area contributed by atoms with Crippen LogP contribution in [0, 0.1) is 5.92 Å². The van der Waals surface area contributed by atoms with Gasteiger partial charge in [0.15, 0.2) is 0 Å². The summed E-state index contributed by atoms with van der Waals surface area (Å²) in [5, 5.41) is 0. The lowest BCUT2D eigenvalue weighted by Gasteiger charge is -2.33. The highest BCUT2D eigenvalue weighted by Crippen LogP contribution is 2.32. The van der Waals surface area contributed by atoms with E-state index in [1.807, 2.05) is 14.1 Å². The van der Waals surface area contributed by atoms with Gasteiger partial charge in [0.25, 0.3) is 0 Å². The summed E-state index contributed by atoms with van der Waals surface area (Å²) in [6, 6.07) is 0. The van der Waals surface area contributed by atoms with Crippen molar-refractivity contribution in [2.75, 3.05) is 14.1 Å². The molecule has 1 aliphatic rings. The molecule has 1 rings (SSSR count). The second kappa shape index (κ2) is 2.89. The minimum atomic E-state index is 0.277. The van der Waals surface area contributed by atoms with Crippen molar-refractivity contribution in [2.45, 2.75) is 24.8 Å². The summed E-state index contributed by atoms with van der Waals surface area (Å²) in [4.78, 5) is 2.09. The van der Waals surface area contributed by atoms with Crippen LogP contribution in [0.2, 0.25) is 0 Å². The van der Waals surface area contributed by atoms with Gasteiger partial charge in [-0.3, -0.25) is 4.90 Å². The molecule has 9 heavy (non-hydrogen) atoms. The van der Waals surface area contributed by atoms with Crippen molar-refractivity contribution in [2.24, 2.45) is 5.92 Å². The third kappa shape index (κ3) is 1.59. The molecule has 2 heteroatoms. The van der Waals surface area contributed by atoms with Crippen molar-refractivity contribution in [3.63, 3.8) is 0 Å². The molecule has 0 aromatic carbocycles. The maximum atomic E-state index is 6.04. The standard InChI is InChI=1S/C7H14ClN/c1-9(2)7(8)6-4-3-5-6/h6-7H,3-5H2,1-2H3. The fraction of sp³-hybridized carbons (Fsp3) is 1.00. The minimum Gasteiger partial charge on any atom is -0.293 e. The van der Waals surface area contributed by atoms with E-state index < -0.39 is 0 Å². The second-order valence-corrected chi connectivity index (χ2v) is 3.47. The van der Waals surface area contributed by atoms with Crippen LogP contribution in [0.5, 0.6) is 0 Å². The highest BCUT2D eigenvalue weighted by Gasteiger charge is 2.26. The largest absolute Gasteiger partial charge is 0.293 e. The Labute approximate surface area is 62.0 Å². The number of alkyl halides is 1. The number of halogens is 1. The molecule has 0 N–H and O–H groups in total. The van der Waals surface area contributed by atoms with Crippen molar-refractivity contribution >= 4 is 11.6 Å². The molecule has 1 nitrogen and oxygen atoms in total. The number of rotatable bonds is 2. The Hall–Kier alpha value is 0.250. The van der Waals surface area contributed by atoms with Gasteiger partial charge in [-0.05, 0) is 32.9 Å². The summed E-state index contributed by atoms with van der Waals surface area (Å²) in [5.74, 6) is 0.765. The molecule has 54 valence electrons. The molecule has 0 aromatic heterocycles. The Morgan fingerprint density at radius 1 is 1.44 bits per heavy atom. The Balaban J connectivity index is 2.23. The van der Waals surface area contributed by atoms with Crippen molar-refractivity contribution in [3.8, 4) is 0 Å². The predicted molar refractivity (Wildman–Crippen MR) is 40.7 cm³/mol. The van der Waals surface area contributed by atoms with Crippen molar-refractivity contribution in [1.29, 1.82) is 0 Å². The maximum Gasteiger partial charge on any atom is 0.0873 e. The molecule has 0 heterocycles. The molecule has 1 atom stereocenters. The molecule has 1 fully saturated rings. The fourth-order valence-electron chi connectivity index (χ4n) is 1.14. The molecule has 0 spiro atoms.